The van der Waals surface area contributed by atoms with Crippen molar-refractivity contribution in [2.45, 2.75) is 148 Å². The molecule has 0 spiro atoms. The molecule has 0 saturated heterocycles. The van der Waals surface area contributed by atoms with Crippen molar-refractivity contribution in [2.24, 2.45) is 17.6 Å². The summed E-state index contributed by atoms with van der Waals surface area (Å²) < 4.78 is 31.1. The number of pyridine rings is 3. The van der Waals surface area contributed by atoms with E-state index in [0.717, 1.165) is 51.4 Å². The van der Waals surface area contributed by atoms with Crippen LogP contribution in [0.1, 0.15) is 143 Å². The second kappa shape index (κ2) is 33.1. The monoisotopic (exact) mass is 1410 g/mol. The Morgan fingerprint density at radius 3 is 1.24 bits per heavy atom. The number of hydrogen-bond acceptors (Lipinski definition) is 27. The second-order valence-electron chi connectivity index (χ2n) is 26.5. The minimum atomic E-state index is -1.19. The van der Waals surface area contributed by atoms with Gasteiger partial charge >= 0.3 is 18.2 Å². The number of fused-ring (bicyclic) bond motifs is 3. The first-order valence-electron chi connectivity index (χ1n) is 33.2. The molecule has 0 bridgehead atoms. The van der Waals surface area contributed by atoms with Crippen LogP contribution in [0.15, 0.2) is 91.8 Å². The molecule has 3 fully saturated rings. The highest BCUT2D eigenvalue weighted by Crippen LogP contribution is 2.35. The van der Waals surface area contributed by atoms with Crippen molar-refractivity contribution in [1.29, 1.82) is 0 Å². The number of rotatable bonds is 19. The number of nitrogens with one attached hydrogen (secondary N) is 4. The molecule has 3 aliphatic rings. The highest BCUT2D eigenvalue weighted by atomic mass is 16.6. The van der Waals surface area contributed by atoms with Crippen molar-refractivity contribution >= 4 is 98.6 Å². The van der Waals surface area contributed by atoms with Crippen LogP contribution in [0.2, 0.25) is 0 Å². The molecule has 9 aromatic rings. The van der Waals surface area contributed by atoms with Gasteiger partial charge in [0.05, 0.1) is 69.4 Å². The Hall–Kier alpha value is -10.9. The van der Waals surface area contributed by atoms with E-state index in [2.05, 4.69) is 66.5 Å². The number of carboxylic acid groups (broad SMARTS) is 1. The van der Waals surface area contributed by atoms with E-state index in [1.807, 2.05) is 6.07 Å². The van der Waals surface area contributed by atoms with Crippen molar-refractivity contribution in [2.75, 3.05) is 73.5 Å². The van der Waals surface area contributed by atoms with Gasteiger partial charge in [0.2, 0.25) is 17.6 Å². The number of aliphatic hydroxyl groups excluding tert-OH is 3. The van der Waals surface area contributed by atoms with E-state index in [9.17, 15) is 39.3 Å². The Balaban J connectivity index is 0.000000170. The summed E-state index contributed by atoms with van der Waals surface area (Å²) in [6, 6.07) is 15.6. The van der Waals surface area contributed by atoms with E-state index in [4.69, 9.17) is 34.5 Å². The van der Waals surface area contributed by atoms with Crippen LogP contribution in [0.5, 0.6) is 17.6 Å². The first-order chi connectivity index (χ1) is 48.6. The van der Waals surface area contributed by atoms with Crippen molar-refractivity contribution in [3.8, 4) is 17.6 Å². The third kappa shape index (κ3) is 18.5. The number of aliphatic hydroxyl groups is 3. The number of methoxy groups -OCH3 is 3. The number of carbonyl (C=O) groups is 5. The Labute approximate surface area is 588 Å². The number of amides is 2. The number of hydrogen-bond donors (Lipinski definition) is 9. The van der Waals surface area contributed by atoms with Gasteiger partial charge in [-0.2, -0.15) is 28.8 Å². The van der Waals surface area contributed by atoms with Crippen LogP contribution in [0.4, 0.5) is 61.6 Å². The van der Waals surface area contributed by atoms with Crippen LogP contribution in [0.25, 0.3) is 16.9 Å². The van der Waals surface area contributed by atoms with Crippen LogP contribution < -0.4 is 51.0 Å². The molecule has 2 unspecified atom stereocenters. The minimum absolute atomic E-state index is 0.00202. The zero-order chi connectivity index (χ0) is 73.7. The second-order valence-corrected chi connectivity index (χ2v) is 26.5. The molecule has 6 atom stereocenters. The summed E-state index contributed by atoms with van der Waals surface area (Å²) in [5.74, 6) is 2.07. The number of aromatic carboxylic acids is 1. The van der Waals surface area contributed by atoms with Gasteiger partial charge in [-0.25, -0.2) is 44.3 Å². The molecule has 9 aromatic heterocycles. The van der Waals surface area contributed by atoms with Gasteiger partial charge in [-0.15, -0.1) is 0 Å². The standard InChI is InChI=1S/C25H32N6O5.C20H24N6O3.C19H22N6O5.C5H11NO/c1-25(2,3)36-24(34)30(4)21-13-20(28-17-9-7-11-26-23(17)35-5)29-22-16(14-27-31(21)22)19(33)12-15-8-6-10-18(15)32;1-21-18-10-17(24-14-6-4-8-22-20(14)29-2)25-19-13(11-23-26(18)19)16(28)9-12-5-3-7-15(12)27;1-19(2,3)30-18(28)24(4)14-9-13(22-12-7-6-8-20-16(12)29-5)23-15-11(17(26)27)10-21-25(14)15;6-4-2-1-3-5(4)7/h7,9,11,13-15,18,32H,6,8,10,12H2,1-5H3,(H,28,29);4,6,8,10-12,15,21,27H,3,5,7,9H2,1-2H3,(H,24,25);6-10H,1-5H3,(H,22,23)(H,26,27);4-5,7H,1-3,6H2/t15?,18-;12?,15-;;4-,5-/m11.1/s1. The van der Waals surface area contributed by atoms with Gasteiger partial charge in [0.25, 0.3) is 0 Å². The molecule has 3 saturated carbocycles. The Morgan fingerprint density at radius 1 is 0.539 bits per heavy atom. The lowest BCUT2D eigenvalue weighted by atomic mass is 9.96. The van der Waals surface area contributed by atoms with Gasteiger partial charge in [0.15, 0.2) is 28.5 Å². The van der Waals surface area contributed by atoms with Gasteiger partial charge in [-0.05, 0) is 135 Å². The number of anilines is 9. The van der Waals surface area contributed by atoms with E-state index in [0.29, 0.717) is 87.6 Å². The molecule has 2 amide bonds. The van der Waals surface area contributed by atoms with E-state index in [1.165, 1.54) is 52.5 Å². The number of aromatic nitrogens is 12. The van der Waals surface area contributed by atoms with Gasteiger partial charge in [-0.1, -0.05) is 12.8 Å². The third-order valence-corrected chi connectivity index (χ3v) is 16.8. The maximum atomic E-state index is 13.2. The summed E-state index contributed by atoms with van der Waals surface area (Å²) in [6.07, 6.45) is 15.2. The van der Waals surface area contributed by atoms with E-state index < -0.39 is 41.6 Å². The quantitative estimate of drug-likeness (QED) is 0.0340. The number of ether oxygens (including phenoxy) is 5. The molecule has 9 heterocycles. The fraction of sp³-hybridized carbons (Fsp3) is 0.449. The summed E-state index contributed by atoms with van der Waals surface area (Å²) in [7, 11) is 9.38. The van der Waals surface area contributed by atoms with Gasteiger partial charge in [0.1, 0.15) is 68.7 Å². The van der Waals surface area contributed by atoms with Crippen LogP contribution >= 0.6 is 0 Å². The molecular weight excluding hydrogens is 1320 g/mol. The Kier molecular flexibility index (Phi) is 24.4. The van der Waals surface area contributed by atoms with Crippen LogP contribution in [-0.2, 0) is 9.47 Å². The molecular formula is C69H89N19O14. The average molecular weight is 1410 g/mol. The maximum Gasteiger partial charge on any atom is 0.415 e. The number of nitrogens with two attached hydrogens (primary N) is 1. The molecule has 0 aromatic carbocycles. The summed E-state index contributed by atoms with van der Waals surface area (Å²) in [6.45, 7) is 10.6. The predicted octanol–water partition coefficient (Wildman–Crippen LogP) is 9.44. The fourth-order valence-corrected chi connectivity index (χ4v) is 11.6. The molecule has 102 heavy (non-hydrogen) atoms. The molecule has 0 aliphatic heterocycles. The van der Waals surface area contributed by atoms with Crippen molar-refractivity contribution in [3.63, 3.8) is 0 Å². The lowest BCUT2D eigenvalue weighted by Gasteiger charge is -2.25. The molecule has 33 nitrogen and oxygen atoms in total. The highest BCUT2D eigenvalue weighted by Gasteiger charge is 2.33. The van der Waals surface area contributed by atoms with Crippen LogP contribution in [0.3, 0.4) is 0 Å². The summed E-state index contributed by atoms with van der Waals surface area (Å²) in [5, 5.41) is 63.9. The molecule has 12 rings (SSSR count). The molecule has 544 valence electrons. The van der Waals surface area contributed by atoms with Crippen LogP contribution in [0, 0.1) is 11.8 Å². The van der Waals surface area contributed by atoms with Gasteiger partial charge in [0, 0.05) is 76.8 Å². The Morgan fingerprint density at radius 2 is 0.902 bits per heavy atom. The topological polar surface area (TPSA) is 422 Å². The number of carboxylic acids is 1. The number of ketones is 2. The normalized spacial score (nSPS) is 17.8. The zero-order valence-electron chi connectivity index (χ0n) is 59.1. The first kappa shape index (κ1) is 75.3. The van der Waals surface area contributed by atoms with E-state index >= 15 is 0 Å². The van der Waals surface area contributed by atoms with Crippen LogP contribution in [-0.4, -0.2) is 187 Å². The number of carbonyl (C=O) groups excluding carboxylic acids is 4. The third-order valence-electron chi connectivity index (χ3n) is 16.8. The summed E-state index contributed by atoms with van der Waals surface area (Å²) >= 11 is 0. The predicted molar refractivity (Wildman–Crippen MR) is 379 cm³/mol. The fourth-order valence-electron chi connectivity index (χ4n) is 11.6. The lowest BCUT2D eigenvalue weighted by Crippen LogP contribution is -2.35. The number of nitrogens with zero attached hydrogens (tertiary/aromatic N) is 14. The van der Waals surface area contributed by atoms with Crippen molar-refractivity contribution in [1.82, 2.24) is 58.7 Å². The molecule has 0 radical (unpaired) electrons. The Bertz CT molecular complexity index is 4430. The first-order valence-corrected chi connectivity index (χ1v) is 33.2. The number of Topliss-reactive ketones (excluding diaryl/α,β-unsaturated/α-hetero) is 2. The summed E-state index contributed by atoms with van der Waals surface area (Å²) in [4.78, 5) is 91.8. The minimum Gasteiger partial charge on any atom is -0.480 e. The highest BCUT2D eigenvalue weighted by molar-refractivity contribution is 6.03. The lowest BCUT2D eigenvalue weighted by molar-refractivity contribution is 0.0577. The summed E-state index contributed by atoms with van der Waals surface area (Å²) in [5.41, 5.74) is 7.20. The average Bonchev–Trinajstić information content (AvgIpc) is 1.59. The zero-order valence-corrected chi connectivity index (χ0v) is 59.1. The molecule has 10 N–H and O–H groups in total. The SMILES string of the molecule is CNc1cc(Nc2cccnc2OC)nc2c(C(=O)CC3CCC[C@H]3O)cnn12.COc1ncccc1Nc1cc(N(C)C(=O)OC(C)(C)C)n2ncc(C(=O)CC3CCC[C@H]3O)c2n1.COc1ncccc1Nc1cc(N(C)C(=O)OC(C)(C)C)n2ncc(C(=O)O)c2n1.N[C@@H]1CCC[C@H]1O. The smallest absolute Gasteiger partial charge is 0.415 e. The molecule has 33 heteroatoms. The van der Waals surface area contributed by atoms with Gasteiger partial charge in [-0.3, -0.25) is 19.4 Å². The largest absolute Gasteiger partial charge is 0.480 e. The molecule has 3 aliphatic carbocycles. The van der Waals surface area contributed by atoms with Crippen molar-refractivity contribution in [3.05, 3.63) is 108 Å². The van der Waals surface area contributed by atoms with E-state index in [-0.39, 0.29) is 70.5 Å². The van der Waals surface area contributed by atoms with Gasteiger partial charge < -0.3 is 71.1 Å². The van der Waals surface area contributed by atoms with Crippen molar-refractivity contribution < 1.29 is 68.1 Å². The van der Waals surface area contributed by atoms with E-state index in [1.54, 1.807) is 141 Å². The maximum absolute atomic E-state index is 13.2.